The molecule has 1 saturated heterocycles. The molecule has 1 unspecified atom stereocenters. The van der Waals surface area contributed by atoms with E-state index >= 15 is 0 Å². The summed E-state index contributed by atoms with van der Waals surface area (Å²) in [5, 5.41) is 8.20. The van der Waals surface area contributed by atoms with Gasteiger partial charge in [-0.15, -0.1) is 0 Å². The second-order valence-corrected chi connectivity index (χ2v) is 7.78. The molecule has 0 aliphatic carbocycles. The van der Waals surface area contributed by atoms with Crippen molar-refractivity contribution in [2.45, 2.75) is 19.0 Å². The minimum absolute atomic E-state index is 0.310. The van der Waals surface area contributed by atoms with Crippen molar-refractivity contribution in [3.63, 3.8) is 0 Å². The number of benzene rings is 2. The van der Waals surface area contributed by atoms with Crippen LogP contribution in [0.4, 0.5) is 0 Å². The Bertz CT molecular complexity index is 1060. The number of aromatic nitrogens is 2. The predicted octanol–water partition coefficient (Wildman–Crippen LogP) is 1.88. The van der Waals surface area contributed by atoms with Crippen LogP contribution in [0.1, 0.15) is 16.1 Å². The van der Waals surface area contributed by atoms with E-state index < -0.39 is 17.9 Å². The first-order valence-electron chi connectivity index (χ1n) is 10.8. The maximum Gasteiger partial charge on any atom is 0.328 e. The monoisotopic (exact) mass is 436 g/mol. The Morgan fingerprint density at radius 3 is 2.53 bits per heavy atom. The molecule has 3 aromatic rings. The van der Waals surface area contributed by atoms with Gasteiger partial charge in [0.2, 0.25) is 0 Å². The van der Waals surface area contributed by atoms with Gasteiger partial charge < -0.3 is 14.8 Å². The quantitative estimate of drug-likeness (QED) is 0.543. The molecular formula is C24H28N4O4. The van der Waals surface area contributed by atoms with Gasteiger partial charge in [-0.05, 0) is 11.6 Å². The highest BCUT2D eigenvalue weighted by atomic mass is 16.5. The van der Waals surface area contributed by atoms with Crippen molar-refractivity contribution < 1.29 is 19.1 Å². The molecule has 1 aliphatic rings. The second kappa shape index (κ2) is 10.4. The van der Waals surface area contributed by atoms with Gasteiger partial charge in [-0.25, -0.2) is 4.79 Å². The largest absolute Gasteiger partial charge is 0.467 e. The fourth-order valence-electron chi connectivity index (χ4n) is 3.94. The molecule has 0 bridgehead atoms. The Morgan fingerprint density at radius 1 is 1.06 bits per heavy atom. The molecule has 1 N–H and O–H groups in total. The molecule has 168 valence electrons. The summed E-state index contributed by atoms with van der Waals surface area (Å²) in [7, 11) is 1.32. The number of carbonyl (C=O) groups excluding carboxylic acids is 2. The number of esters is 1. The molecule has 0 radical (unpaired) electrons. The number of ether oxygens (including phenoxy) is 2. The number of nitrogens with zero attached hydrogens (tertiary/aromatic N) is 3. The SMILES string of the molecule is COC(=O)C(Cc1ccccc1)NC(=O)c1nn(CCN2CCOCC2)c2ccccc12. The zero-order chi connectivity index (χ0) is 22.3. The van der Waals surface area contributed by atoms with Crippen molar-refractivity contribution in [3.8, 4) is 0 Å². The van der Waals surface area contributed by atoms with E-state index in [1.54, 1.807) is 0 Å². The molecule has 2 heterocycles. The van der Waals surface area contributed by atoms with Gasteiger partial charge in [0.15, 0.2) is 5.69 Å². The third-order valence-corrected chi connectivity index (χ3v) is 5.68. The molecule has 4 rings (SSSR count). The van der Waals surface area contributed by atoms with Gasteiger partial charge >= 0.3 is 5.97 Å². The molecule has 8 nitrogen and oxygen atoms in total. The fraction of sp³-hybridized carbons (Fsp3) is 0.375. The van der Waals surface area contributed by atoms with Crippen molar-refractivity contribution in [1.29, 1.82) is 0 Å². The summed E-state index contributed by atoms with van der Waals surface area (Å²) < 4.78 is 12.2. The van der Waals surface area contributed by atoms with E-state index in [1.165, 1.54) is 7.11 Å². The first-order valence-corrected chi connectivity index (χ1v) is 10.8. The lowest BCUT2D eigenvalue weighted by Gasteiger charge is -2.26. The lowest BCUT2D eigenvalue weighted by atomic mass is 10.1. The molecule has 32 heavy (non-hydrogen) atoms. The Kier molecular flexibility index (Phi) is 7.14. The van der Waals surface area contributed by atoms with Crippen molar-refractivity contribution in [2.75, 3.05) is 40.0 Å². The number of methoxy groups -OCH3 is 1. The van der Waals surface area contributed by atoms with Crippen molar-refractivity contribution >= 4 is 22.8 Å². The van der Waals surface area contributed by atoms with E-state index in [2.05, 4.69) is 15.3 Å². The summed E-state index contributed by atoms with van der Waals surface area (Å²) in [6, 6.07) is 16.4. The van der Waals surface area contributed by atoms with Crippen LogP contribution < -0.4 is 5.32 Å². The highest BCUT2D eigenvalue weighted by Gasteiger charge is 2.25. The lowest BCUT2D eigenvalue weighted by molar-refractivity contribution is -0.142. The van der Waals surface area contributed by atoms with Gasteiger partial charge in [-0.2, -0.15) is 5.10 Å². The van der Waals surface area contributed by atoms with Crippen molar-refractivity contribution in [2.24, 2.45) is 0 Å². The summed E-state index contributed by atoms with van der Waals surface area (Å²) in [5.74, 6) is -0.879. The predicted molar refractivity (Wildman–Crippen MR) is 120 cm³/mol. The molecule has 2 aromatic carbocycles. The molecule has 1 fully saturated rings. The summed E-state index contributed by atoms with van der Waals surface area (Å²) in [6.45, 7) is 4.76. The molecular weight excluding hydrogens is 408 g/mol. The summed E-state index contributed by atoms with van der Waals surface area (Å²) >= 11 is 0. The zero-order valence-electron chi connectivity index (χ0n) is 18.2. The van der Waals surface area contributed by atoms with Crippen molar-refractivity contribution in [3.05, 3.63) is 65.9 Å². The molecule has 1 atom stereocenters. The van der Waals surface area contributed by atoms with E-state index in [-0.39, 0.29) is 0 Å². The number of carbonyl (C=O) groups is 2. The zero-order valence-corrected chi connectivity index (χ0v) is 18.2. The van der Waals surface area contributed by atoms with E-state index in [4.69, 9.17) is 9.47 Å². The minimum Gasteiger partial charge on any atom is -0.467 e. The van der Waals surface area contributed by atoms with E-state index in [0.29, 0.717) is 18.7 Å². The lowest BCUT2D eigenvalue weighted by Crippen LogP contribution is -2.43. The standard InChI is InChI=1S/C24H28N4O4/c1-31-24(30)20(17-18-7-3-2-4-8-18)25-23(29)22-19-9-5-6-10-21(19)28(26-22)12-11-27-13-15-32-16-14-27/h2-10,20H,11-17H2,1H3,(H,25,29). The van der Waals surface area contributed by atoms with Crippen molar-refractivity contribution in [1.82, 2.24) is 20.0 Å². The normalized spacial score (nSPS) is 15.4. The maximum absolute atomic E-state index is 13.2. The number of morpholine rings is 1. The number of hydrogen-bond acceptors (Lipinski definition) is 6. The second-order valence-electron chi connectivity index (χ2n) is 7.78. The van der Waals surface area contributed by atoms with Crippen LogP contribution in [0.15, 0.2) is 54.6 Å². The van der Waals surface area contributed by atoms with Crippen LogP contribution in [0.2, 0.25) is 0 Å². The van der Waals surface area contributed by atoms with E-state index in [0.717, 1.165) is 49.3 Å². The molecule has 0 spiro atoms. The van der Waals surface area contributed by atoms with Crippen LogP contribution in [0, 0.1) is 0 Å². The first-order chi connectivity index (χ1) is 15.7. The minimum atomic E-state index is -0.799. The van der Waals surface area contributed by atoms with Gasteiger partial charge in [-0.1, -0.05) is 48.5 Å². The van der Waals surface area contributed by atoms with E-state index in [9.17, 15) is 9.59 Å². The number of para-hydroxylation sites is 1. The maximum atomic E-state index is 13.2. The van der Waals surface area contributed by atoms with Crippen LogP contribution >= 0.6 is 0 Å². The number of nitrogens with one attached hydrogen (secondary N) is 1. The van der Waals surface area contributed by atoms with Gasteiger partial charge in [0.25, 0.3) is 5.91 Å². The summed E-state index contributed by atoms with van der Waals surface area (Å²) in [4.78, 5) is 27.9. The highest BCUT2D eigenvalue weighted by molar-refractivity contribution is 6.06. The van der Waals surface area contributed by atoms with E-state index in [1.807, 2.05) is 59.3 Å². The van der Waals surface area contributed by atoms with Gasteiger partial charge in [0.05, 0.1) is 32.4 Å². The number of fused-ring (bicyclic) bond motifs is 1. The van der Waals surface area contributed by atoms with Crippen LogP contribution in [0.5, 0.6) is 0 Å². The van der Waals surface area contributed by atoms with Crippen LogP contribution in [-0.2, 0) is 27.2 Å². The molecule has 1 aliphatic heterocycles. The van der Waals surface area contributed by atoms with Gasteiger partial charge in [-0.3, -0.25) is 14.4 Å². The number of hydrogen-bond donors (Lipinski definition) is 1. The fourth-order valence-corrected chi connectivity index (χ4v) is 3.94. The Morgan fingerprint density at radius 2 is 1.78 bits per heavy atom. The molecule has 1 aromatic heterocycles. The van der Waals surface area contributed by atoms with Crippen LogP contribution in [0.3, 0.4) is 0 Å². The number of amides is 1. The summed E-state index contributed by atoms with van der Waals surface area (Å²) in [5.41, 5.74) is 2.14. The Balaban J connectivity index is 1.53. The Hall–Kier alpha value is -3.23. The molecule has 8 heteroatoms. The smallest absolute Gasteiger partial charge is 0.328 e. The van der Waals surface area contributed by atoms with Crippen LogP contribution in [-0.4, -0.2) is 72.6 Å². The first kappa shape index (κ1) is 22.0. The van der Waals surface area contributed by atoms with Gasteiger partial charge in [0, 0.05) is 31.4 Å². The molecule has 0 saturated carbocycles. The van der Waals surface area contributed by atoms with Crippen LogP contribution in [0.25, 0.3) is 10.9 Å². The third kappa shape index (κ3) is 5.15. The topological polar surface area (TPSA) is 85.7 Å². The summed E-state index contributed by atoms with van der Waals surface area (Å²) in [6.07, 6.45) is 0.342. The van der Waals surface area contributed by atoms with Gasteiger partial charge in [0.1, 0.15) is 6.04 Å². The highest BCUT2D eigenvalue weighted by Crippen LogP contribution is 2.19. The molecule has 1 amide bonds. The number of rotatable bonds is 8. The Labute approximate surface area is 187 Å². The average Bonchev–Trinajstić information content (AvgIpc) is 3.22. The average molecular weight is 437 g/mol. The third-order valence-electron chi connectivity index (χ3n) is 5.68.